The predicted molar refractivity (Wildman–Crippen MR) is 114 cm³/mol. The Morgan fingerprint density at radius 3 is 2.67 bits per heavy atom. The van der Waals surface area contributed by atoms with Crippen molar-refractivity contribution in [3.63, 3.8) is 0 Å². The second-order valence-corrected chi connectivity index (χ2v) is 7.16. The van der Waals surface area contributed by atoms with Crippen molar-refractivity contribution in [2.75, 3.05) is 45.8 Å². The third kappa shape index (κ3) is 4.55. The minimum absolute atomic E-state index is 0.0709. The molecule has 0 saturated carbocycles. The first-order valence-corrected chi connectivity index (χ1v) is 9.93. The molecular weight excluding hydrogens is 384 g/mol. The minimum atomic E-state index is -0.222. The summed E-state index contributed by atoms with van der Waals surface area (Å²) < 4.78 is 18.1. The largest absolute Gasteiger partial charge is 0.497 e. The number of methoxy groups -OCH3 is 2. The molecule has 1 amide bonds. The Morgan fingerprint density at radius 1 is 1.10 bits per heavy atom. The molecule has 1 aliphatic heterocycles. The Labute approximate surface area is 175 Å². The molecule has 8 heteroatoms. The Balaban J connectivity index is 1.38. The van der Waals surface area contributed by atoms with E-state index in [-0.39, 0.29) is 12.5 Å². The van der Waals surface area contributed by atoms with Crippen molar-refractivity contribution in [2.24, 2.45) is 0 Å². The molecule has 1 N–H and O–H groups in total. The number of nitrogens with one attached hydrogen (secondary N) is 1. The highest BCUT2D eigenvalue weighted by molar-refractivity contribution is 5.94. The van der Waals surface area contributed by atoms with Gasteiger partial charge in [0.25, 0.3) is 5.91 Å². The van der Waals surface area contributed by atoms with Crippen molar-refractivity contribution in [1.29, 1.82) is 0 Å². The van der Waals surface area contributed by atoms with E-state index in [0.717, 1.165) is 55.4 Å². The molecule has 158 valence electrons. The molecule has 30 heavy (non-hydrogen) atoms. The summed E-state index contributed by atoms with van der Waals surface area (Å²) in [7, 11) is 3.32. The molecule has 0 spiro atoms. The van der Waals surface area contributed by atoms with E-state index in [1.807, 2.05) is 18.2 Å². The lowest BCUT2D eigenvalue weighted by Gasteiger charge is -2.27. The maximum absolute atomic E-state index is 12.3. The van der Waals surface area contributed by atoms with Crippen LogP contribution in [-0.2, 0) is 22.6 Å². The maximum Gasteiger partial charge on any atom is 0.262 e. The van der Waals surface area contributed by atoms with Gasteiger partial charge >= 0.3 is 0 Å². The second-order valence-electron chi connectivity index (χ2n) is 7.16. The highest BCUT2D eigenvalue weighted by Crippen LogP contribution is 2.24. The van der Waals surface area contributed by atoms with E-state index in [2.05, 4.69) is 14.8 Å². The van der Waals surface area contributed by atoms with Crippen LogP contribution in [0, 0.1) is 0 Å². The number of anilines is 1. The molecular formula is C22H26N4O4. The standard InChI is InChI=1S/C22H26N4O4/c1-28-12-11-25-9-10-26-20-8-3-16(13-19(20)24-21(26)14-25)23-22(27)15-30-18-6-4-17(29-2)5-7-18/h3-8,13H,9-12,14-15H2,1-2H3,(H,23,27). The molecule has 1 aromatic heterocycles. The van der Waals surface area contributed by atoms with Gasteiger partial charge in [0.2, 0.25) is 0 Å². The summed E-state index contributed by atoms with van der Waals surface area (Å²) in [4.78, 5) is 19.4. The molecule has 1 aliphatic rings. The molecule has 0 atom stereocenters. The predicted octanol–water partition coefficient (Wildman–Crippen LogP) is 2.52. The molecule has 0 unspecified atom stereocenters. The molecule has 0 saturated heterocycles. The number of hydrogen-bond acceptors (Lipinski definition) is 6. The van der Waals surface area contributed by atoms with E-state index in [1.165, 1.54) is 0 Å². The molecule has 4 rings (SSSR count). The number of carbonyl (C=O) groups is 1. The number of amides is 1. The Morgan fingerprint density at radius 2 is 1.90 bits per heavy atom. The lowest BCUT2D eigenvalue weighted by Crippen LogP contribution is -2.35. The number of hydrogen-bond donors (Lipinski definition) is 1. The monoisotopic (exact) mass is 410 g/mol. The van der Waals surface area contributed by atoms with Crippen molar-refractivity contribution in [3.05, 3.63) is 48.3 Å². The summed E-state index contributed by atoms with van der Waals surface area (Å²) >= 11 is 0. The van der Waals surface area contributed by atoms with Crippen molar-refractivity contribution in [3.8, 4) is 11.5 Å². The number of carbonyl (C=O) groups excluding carboxylic acids is 1. The van der Waals surface area contributed by atoms with Gasteiger partial charge in [-0.15, -0.1) is 0 Å². The summed E-state index contributed by atoms with van der Waals surface area (Å²) in [6, 6.07) is 12.9. The van der Waals surface area contributed by atoms with Crippen LogP contribution in [0.1, 0.15) is 5.82 Å². The highest BCUT2D eigenvalue weighted by atomic mass is 16.5. The van der Waals surface area contributed by atoms with E-state index >= 15 is 0 Å². The van der Waals surface area contributed by atoms with E-state index in [1.54, 1.807) is 38.5 Å². The first kappa shape index (κ1) is 20.2. The van der Waals surface area contributed by atoms with Gasteiger partial charge < -0.3 is 24.1 Å². The van der Waals surface area contributed by atoms with E-state index in [9.17, 15) is 4.79 Å². The van der Waals surface area contributed by atoms with Crippen LogP contribution in [0.2, 0.25) is 0 Å². The van der Waals surface area contributed by atoms with Crippen LogP contribution in [0.4, 0.5) is 5.69 Å². The molecule has 8 nitrogen and oxygen atoms in total. The molecule has 3 aromatic rings. The quantitative estimate of drug-likeness (QED) is 0.615. The molecule has 0 radical (unpaired) electrons. The van der Waals surface area contributed by atoms with Gasteiger partial charge in [-0.05, 0) is 42.5 Å². The minimum Gasteiger partial charge on any atom is -0.497 e. The number of fused-ring (bicyclic) bond motifs is 3. The van der Waals surface area contributed by atoms with Crippen molar-refractivity contribution in [2.45, 2.75) is 13.1 Å². The zero-order valence-electron chi connectivity index (χ0n) is 17.3. The van der Waals surface area contributed by atoms with E-state index < -0.39 is 0 Å². The van der Waals surface area contributed by atoms with E-state index in [0.29, 0.717) is 11.4 Å². The molecule has 2 heterocycles. The Hall–Kier alpha value is -3.10. The van der Waals surface area contributed by atoms with Gasteiger partial charge in [-0.25, -0.2) is 4.98 Å². The number of imidazole rings is 1. The summed E-state index contributed by atoms with van der Waals surface area (Å²) in [5.41, 5.74) is 2.67. The lowest BCUT2D eigenvalue weighted by atomic mass is 10.2. The highest BCUT2D eigenvalue weighted by Gasteiger charge is 2.20. The third-order valence-electron chi connectivity index (χ3n) is 5.16. The fourth-order valence-electron chi connectivity index (χ4n) is 3.58. The number of rotatable bonds is 8. The summed E-state index contributed by atoms with van der Waals surface area (Å²) in [5.74, 6) is 2.17. The zero-order valence-corrected chi connectivity index (χ0v) is 17.3. The Kier molecular flexibility index (Phi) is 6.15. The smallest absolute Gasteiger partial charge is 0.262 e. The summed E-state index contributed by atoms with van der Waals surface area (Å²) in [5, 5.41) is 2.88. The van der Waals surface area contributed by atoms with Crippen LogP contribution in [0.15, 0.2) is 42.5 Å². The first-order valence-electron chi connectivity index (χ1n) is 9.93. The first-order chi connectivity index (χ1) is 14.7. The third-order valence-corrected chi connectivity index (χ3v) is 5.16. The average molecular weight is 410 g/mol. The SMILES string of the molecule is COCCN1CCn2c(nc3cc(NC(=O)COc4ccc(OC)cc4)ccc32)C1. The maximum atomic E-state index is 12.3. The van der Waals surface area contributed by atoms with Gasteiger partial charge in [-0.1, -0.05) is 0 Å². The van der Waals surface area contributed by atoms with Crippen molar-refractivity contribution in [1.82, 2.24) is 14.5 Å². The van der Waals surface area contributed by atoms with Crippen molar-refractivity contribution >= 4 is 22.6 Å². The van der Waals surface area contributed by atoms with Gasteiger partial charge in [0, 0.05) is 32.4 Å². The summed E-state index contributed by atoms with van der Waals surface area (Å²) in [6.45, 7) is 4.22. The summed E-state index contributed by atoms with van der Waals surface area (Å²) in [6.07, 6.45) is 0. The van der Waals surface area contributed by atoms with Crippen LogP contribution in [0.5, 0.6) is 11.5 Å². The van der Waals surface area contributed by atoms with Crippen LogP contribution in [0.3, 0.4) is 0 Å². The lowest BCUT2D eigenvalue weighted by molar-refractivity contribution is -0.118. The van der Waals surface area contributed by atoms with E-state index in [4.69, 9.17) is 19.2 Å². The van der Waals surface area contributed by atoms with Crippen molar-refractivity contribution < 1.29 is 19.0 Å². The van der Waals surface area contributed by atoms with Crippen LogP contribution < -0.4 is 14.8 Å². The molecule has 0 bridgehead atoms. The topological polar surface area (TPSA) is 77.9 Å². The van der Waals surface area contributed by atoms with Crippen LogP contribution in [0.25, 0.3) is 11.0 Å². The second kappa shape index (κ2) is 9.15. The normalized spacial score (nSPS) is 13.8. The van der Waals surface area contributed by atoms with Gasteiger partial charge in [-0.2, -0.15) is 0 Å². The average Bonchev–Trinajstić information content (AvgIpc) is 3.13. The molecule has 2 aromatic carbocycles. The van der Waals surface area contributed by atoms with Gasteiger partial charge in [0.05, 0.1) is 31.3 Å². The van der Waals surface area contributed by atoms with Crippen LogP contribution >= 0.6 is 0 Å². The zero-order chi connectivity index (χ0) is 20.9. The van der Waals surface area contributed by atoms with Gasteiger partial charge in [-0.3, -0.25) is 9.69 Å². The number of ether oxygens (including phenoxy) is 3. The molecule has 0 fully saturated rings. The Bertz CT molecular complexity index is 1020. The van der Waals surface area contributed by atoms with Gasteiger partial charge in [0.1, 0.15) is 17.3 Å². The fraction of sp³-hybridized carbons (Fsp3) is 0.364. The number of aromatic nitrogens is 2. The fourth-order valence-corrected chi connectivity index (χ4v) is 3.58. The van der Waals surface area contributed by atoms with Crippen LogP contribution in [-0.4, -0.2) is 60.9 Å². The molecule has 0 aliphatic carbocycles. The van der Waals surface area contributed by atoms with Gasteiger partial charge in [0.15, 0.2) is 6.61 Å². The number of benzene rings is 2. The number of nitrogens with zero attached hydrogens (tertiary/aromatic N) is 3.